The number of ether oxygens (including phenoxy) is 1. The fourth-order valence-corrected chi connectivity index (χ4v) is 10.3. The Morgan fingerprint density at radius 1 is 0.515 bits per heavy atom. The standard InChI is InChI=1S/C13H14O2.C12H13BrO2.C12H13BrO.C12H13Br.C9H11BrO.C9H9BrO.C7H5BrO4.C3H5Br.C3H3.BrH.Mg.Mn.2O/c1-4-5-6-11-8-12(13(14)15)10(3)7-9(11)2;1-4-5-15-12(14)10-7-11(13)9(3)6-8(10)2;1-4-5-12(14)10-7-11(13)9(3)6-8(10)2;1-4-5-6-11-8-12(13)10(3)7-9(11)2;2*1-6-3-7(2)9(10)4-8(6)5-11;8-4-1-3(7(11)12)5(9)2-6(4)10;1-2-3-4;1-3-2;;;;;/h7-8H,6H2,1-3H3,(H,14,15);4,6-7H,1,5H2,2-3H3;6-7,12,14H,1-3H3;7-8H,6H2,1-3H3;3-4,11H,5H2,1-2H3;3-5H,1-2H3;1-2,9-10H,(H,11,12);2H,1,3H2;1H3;1H;;;;/q;;;;;;;;-1;;+2;;;/p-1. The van der Waals surface area contributed by atoms with Crippen molar-refractivity contribution in [2.75, 3.05) is 11.9 Å². The van der Waals surface area contributed by atoms with E-state index in [1.54, 1.807) is 45.1 Å². The van der Waals surface area contributed by atoms with Crippen LogP contribution in [0.1, 0.15) is 164 Å². The normalized spacial score (nSPS) is 9.24. The Bertz CT molecular complexity index is 4240. The van der Waals surface area contributed by atoms with Crippen molar-refractivity contribution in [3.63, 3.8) is 0 Å². The average Bonchev–Trinajstić information content (AvgIpc) is 0.857. The molecule has 0 aliphatic rings. The Morgan fingerprint density at radius 2 is 0.874 bits per heavy atom. The summed E-state index contributed by atoms with van der Waals surface area (Å²) in [5, 5.41) is 55.1. The summed E-state index contributed by atoms with van der Waals surface area (Å²) in [6, 6.07) is 25.6. The van der Waals surface area contributed by atoms with Crippen LogP contribution in [0.3, 0.4) is 0 Å². The van der Waals surface area contributed by atoms with Crippen molar-refractivity contribution in [1.82, 2.24) is 0 Å². The van der Waals surface area contributed by atoms with E-state index in [1.165, 1.54) is 32.3 Å². The zero-order valence-corrected chi connectivity index (χ0v) is 75.8. The summed E-state index contributed by atoms with van der Waals surface area (Å²) >= 11 is 21.7. The van der Waals surface area contributed by atoms with E-state index < -0.39 is 38.6 Å². The molecule has 0 bridgehead atoms. The molecule has 0 aliphatic heterocycles. The molecule has 0 saturated carbocycles. The molecule has 0 saturated heterocycles. The number of aliphatic hydroxyl groups excluding tert-OH is 2. The van der Waals surface area contributed by atoms with Gasteiger partial charge in [-0.1, -0.05) is 168 Å². The van der Waals surface area contributed by atoms with Crippen LogP contribution in [0.5, 0.6) is 11.5 Å². The number of carboxylic acid groups (broad SMARTS) is 2. The molecule has 0 aliphatic carbocycles. The van der Waals surface area contributed by atoms with E-state index in [2.05, 4.69) is 192 Å². The van der Waals surface area contributed by atoms with E-state index in [0.717, 1.165) is 115 Å². The molecule has 7 aromatic carbocycles. The van der Waals surface area contributed by atoms with Gasteiger partial charge in [-0.3, -0.25) is 4.79 Å². The zero-order valence-electron chi connectivity index (χ0n) is 60.5. The maximum absolute atomic E-state index is 11.6. The number of benzene rings is 7. The summed E-state index contributed by atoms with van der Waals surface area (Å²) in [5.74, 6) is 16.1. The van der Waals surface area contributed by atoms with Gasteiger partial charge in [0.05, 0.1) is 22.2 Å². The molecule has 6 N–H and O–H groups in total. The van der Waals surface area contributed by atoms with Crippen molar-refractivity contribution >= 4 is 159 Å². The SMILES string of the molecule is C=CCBr.C=CCOC(=O)c1cc(Br)c(C)cc1C.CC#CC(O)c1cc(Br)c(C)cc1C.CC#CCc1cc(Br)c(C)cc1C.CC#CCc1cc(C(=O)O)c(C)cc1C.Cc1cc(C)c(C=O)cc1Br.Cc1cc(C)c(CO)cc1Br.O=C(O)c1cc(Br)c(O)cc1O.[Br-].[C-]#CC.[Mg+2].[O]=[Mn]=[O]. The molecular formula is C80H86Br8MgMnO13. The molecular weight excluding hydrogens is 1890 g/mol. The van der Waals surface area contributed by atoms with Gasteiger partial charge in [0.1, 0.15) is 36.1 Å². The maximum atomic E-state index is 11.6. The number of hydrogen-bond donors (Lipinski definition) is 6. The van der Waals surface area contributed by atoms with Gasteiger partial charge >= 0.3 is 63.5 Å². The number of esters is 1. The van der Waals surface area contributed by atoms with Gasteiger partial charge in [-0.15, -0.1) is 24.3 Å². The number of aryl methyl sites for hydroxylation is 12. The van der Waals surface area contributed by atoms with E-state index in [0.29, 0.717) is 17.5 Å². The van der Waals surface area contributed by atoms with Crippen molar-refractivity contribution in [3.05, 3.63) is 255 Å². The number of rotatable bonds is 11. The quantitative estimate of drug-likeness (QED) is 0.0135. The van der Waals surface area contributed by atoms with Crippen LogP contribution in [-0.4, -0.2) is 89.8 Å². The molecule has 0 spiro atoms. The Balaban J connectivity index is -0.000000354. The third-order valence-corrected chi connectivity index (χ3v) is 18.9. The summed E-state index contributed by atoms with van der Waals surface area (Å²) in [5.41, 5.74) is 18.9. The Morgan fingerprint density at radius 3 is 1.28 bits per heavy atom. The van der Waals surface area contributed by atoms with E-state index in [9.17, 15) is 24.3 Å². The zero-order chi connectivity index (χ0) is 78.4. The van der Waals surface area contributed by atoms with Crippen molar-refractivity contribution < 1.29 is 94.0 Å². The summed E-state index contributed by atoms with van der Waals surface area (Å²) in [4.78, 5) is 43.4. The molecule has 549 valence electrons. The number of hydrogen-bond acceptors (Lipinski definition) is 11. The fraction of sp³-hybridized carbons (Fsp3) is 0.275. The number of aromatic carboxylic acids is 2. The second kappa shape index (κ2) is 59.7. The number of carbonyl (C=O) groups is 4. The second-order valence-electron chi connectivity index (χ2n) is 21.3. The van der Waals surface area contributed by atoms with Crippen LogP contribution in [-0.2, 0) is 46.7 Å². The first-order valence-corrected chi connectivity index (χ1v) is 37.0. The minimum atomic E-state index is -1.44. The van der Waals surface area contributed by atoms with Crippen LogP contribution >= 0.6 is 112 Å². The van der Waals surface area contributed by atoms with Gasteiger partial charge in [0.25, 0.3) is 0 Å². The number of phenolic OH excluding ortho intramolecular Hbond substituents is 1. The van der Waals surface area contributed by atoms with E-state index in [4.69, 9.17) is 44.4 Å². The number of aliphatic hydroxyl groups is 2. The summed E-state index contributed by atoms with van der Waals surface area (Å²) in [6.07, 6.45) is 11.0. The molecule has 0 aromatic heterocycles. The molecule has 0 amide bonds. The third-order valence-electron chi connectivity index (χ3n) is 13.5. The van der Waals surface area contributed by atoms with Crippen LogP contribution in [0.25, 0.3) is 0 Å². The predicted octanol–water partition coefficient (Wildman–Crippen LogP) is 18.3. The molecule has 7 aromatic rings. The average molecular weight is 1970 g/mol. The van der Waals surface area contributed by atoms with Crippen LogP contribution in [0.15, 0.2) is 137 Å². The summed E-state index contributed by atoms with van der Waals surface area (Å²) < 4.78 is 27.2. The first-order valence-electron chi connectivity index (χ1n) is 30.1. The van der Waals surface area contributed by atoms with E-state index in [-0.39, 0.29) is 75.0 Å². The number of alkyl halides is 1. The Kier molecular flexibility index (Phi) is 61.5. The van der Waals surface area contributed by atoms with Crippen molar-refractivity contribution in [2.45, 2.75) is 136 Å². The number of carboxylic acids is 2. The van der Waals surface area contributed by atoms with Crippen molar-refractivity contribution in [2.24, 2.45) is 0 Å². The van der Waals surface area contributed by atoms with Gasteiger partial charge in [-0.2, -0.15) is 0 Å². The molecule has 1 atom stereocenters. The number of halogens is 8. The van der Waals surface area contributed by atoms with Crippen molar-refractivity contribution in [3.8, 4) is 52.9 Å². The minimum absolute atomic E-state index is 0. The molecule has 0 fully saturated rings. The van der Waals surface area contributed by atoms with Gasteiger partial charge in [0.2, 0.25) is 0 Å². The second-order valence-corrected chi connectivity index (χ2v) is 27.3. The molecule has 103 heavy (non-hydrogen) atoms. The first-order chi connectivity index (χ1) is 47.4. The number of phenols is 2. The summed E-state index contributed by atoms with van der Waals surface area (Å²) in [7, 11) is 0. The molecule has 1 unspecified atom stereocenters. The van der Waals surface area contributed by atoms with Gasteiger partial charge in [0.15, 0.2) is 0 Å². The van der Waals surface area contributed by atoms with Gasteiger partial charge < -0.3 is 64.7 Å². The van der Waals surface area contributed by atoms with E-state index in [1.807, 2.05) is 125 Å². The fourth-order valence-electron chi connectivity index (χ4n) is 8.08. The summed E-state index contributed by atoms with van der Waals surface area (Å²) in [6.45, 7) is 38.1. The number of aromatic hydroxyl groups is 2. The van der Waals surface area contributed by atoms with Crippen molar-refractivity contribution in [1.29, 1.82) is 0 Å². The predicted molar refractivity (Wildman–Crippen MR) is 434 cm³/mol. The molecule has 7 rings (SSSR count). The molecule has 23 heteroatoms. The Hall–Kier alpha value is -5.41. The number of carbonyl (C=O) groups excluding carboxylic acids is 2. The van der Waals surface area contributed by atoms with Crippen LogP contribution < -0.4 is 17.0 Å². The van der Waals surface area contributed by atoms with Gasteiger partial charge in [0, 0.05) is 52.2 Å². The molecule has 0 heterocycles. The van der Waals surface area contributed by atoms with Gasteiger partial charge in [-0.25, -0.2) is 14.4 Å². The molecule has 13 nitrogen and oxygen atoms in total. The number of allylic oxidation sites excluding steroid dienone is 1. The van der Waals surface area contributed by atoms with Crippen LogP contribution in [0.4, 0.5) is 0 Å². The third kappa shape index (κ3) is 42.5. The Labute approximate surface area is 701 Å². The van der Waals surface area contributed by atoms with Crippen LogP contribution in [0.2, 0.25) is 0 Å². The number of aldehydes is 1. The molecule has 0 radical (unpaired) electrons. The van der Waals surface area contributed by atoms with Gasteiger partial charge in [-0.05, 0) is 258 Å². The van der Waals surface area contributed by atoms with E-state index >= 15 is 0 Å². The van der Waals surface area contributed by atoms with Crippen LogP contribution in [0, 0.1) is 131 Å². The monoisotopic (exact) mass is 1960 g/mol. The topological polar surface area (TPSA) is 233 Å². The first kappa shape index (κ1) is 106.